The van der Waals surface area contributed by atoms with Gasteiger partial charge in [0, 0.05) is 19.3 Å². The number of hydrogen-bond acceptors (Lipinski definition) is 6. The van der Waals surface area contributed by atoms with Crippen LogP contribution in [0.15, 0.2) is 0 Å². The van der Waals surface area contributed by atoms with Gasteiger partial charge in [-0.05, 0) is 37.0 Å². The second-order valence-corrected chi connectivity index (χ2v) is 20.6. The Morgan fingerprint density at radius 2 is 0.468 bits per heavy atom. The van der Waals surface area contributed by atoms with Crippen molar-refractivity contribution in [3.63, 3.8) is 0 Å². The molecule has 62 heavy (non-hydrogen) atoms. The first-order valence-corrected chi connectivity index (χ1v) is 27.6. The van der Waals surface area contributed by atoms with Crippen LogP contribution in [0, 0.1) is 17.8 Å². The summed E-state index contributed by atoms with van der Waals surface area (Å²) >= 11 is 0. The quantitative estimate of drug-likeness (QED) is 0.0344. The van der Waals surface area contributed by atoms with Crippen LogP contribution in [0.5, 0.6) is 0 Å². The van der Waals surface area contributed by atoms with Crippen molar-refractivity contribution in [3.05, 3.63) is 0 Å². The Balaban J connectivity index is 4.25. The van der Waals surface area contributed by atoms with Gasteiger partial charge >= 0.3 is 17.9 Å². The highest BCUT2D eigenvalue weighted by molar-refractivity contribution is 5.71. The minimum Gasteiger partial charge on any atom is -0.462 e. The van der Waals surface area contributed by atoms with Gasteiger partial charge in [-0.15, -0.1) is 0 Å². The molecule has 0 heterocycles. The zero-order chi connectivity index (χ0) is 45.6. The summed E-state index contributed by atoms with van der Waals surface area (Å²) in [7, 11) is 0. The molecule has 0 N–H and O–H groups in total. The summed E-state index contributed by atoms with van der Waals surface area (Å²) < 4.78 is 16.8. The highest BCUT2D eigenvalue weighted by atomic mass is 16.6. The molecular weight excluding hydrogens is 769 g/mol. The smallest absolute Gasteiger partial charge is 0.306 e. The number of rotatable bonds is 49. The summed E-state index contributed by atoms with van der Waals surface area (Å²) in [6.07, 6.45) is 48.2. The van der Waals surface area contributed by atoms with Crippen molar-refractivity contribution in [2.24, 2.45) is 17.8 Å². The molecule has 6 nitrogen and oxygen atoms in total. The van der Waals surface area contributed by atoms with Crippen molar-refractivity contribution in [1.29, 1.82) is 0 Å². The molecule has 368 valence electrons. The van der Waals surface area contributed by atoms with Gasteiger partial charge in [-0.25, -0.2) is 0 Å². The van der Waals surface area contributed by atoms with Crippen LogP contribution in [-0.2, 0) is 28.6 Å². The van der Waals surface area contributed by atoms with Gasteiger partial charge in [0.15, 0.2) is 6.10 Å². The van der Waals surface area contributed by atoms with Crippen LogP contribution >= 0.6 is 0 Å². The molecular formula is C56H108O6. The lowest BCUT2D eigenvalue weighted by Crippen LogP contribution is -2.30. The van der Waals surface area contributed by atoms with Crippen LogP contribution in [-0.4, -0.2) is 37.2 Å². The maximum Gasteiger partial charge on any atom is 0.306 e. The Bertz CT molecular complexity index is 960. The average Bonchev–Trinajstić information content (AvgIpc) is 3.23. The zero-order valence-corrected chi connectivity index (χ0v) is 42.7. The van der Waals surface area contributed by atoms with E-state index >= 15 is 0 Å². The topological polar surface area (TPSA) is 78.9 Å². The monoisotopic (exact) mass is 877 g/mol. The van der Waals surface area contributed by atoms with Crippen molar-refractivity contribution < 1.29 is 28.6 Å². The molecule has 0 aromatic carbocycles. The summed E-state index contributed by atoms with van der Waals surface area (Å²) in [5, 5.41) is 0. The molecule has 1 atom stereocenters. The van der Waals surface area contributed by atoms with E-state index in [2.05, 4.69) is 41.5 Å². The maximum absolute atomic E-state index is 12.8. The van der Waals surface area contributed by atoms with Crippen LogP contribution in [0.2, 0.25) is 0 Å². The number of esters is 3. The highest BCUT2D eigenvalue weighted by Crippen LogP contribution is 2.18. The van der Waals surface area contributed by atoms with E-state index in [4.69, 9.17) is 14.2 Å². The Kier molecular flexibility index (Phi) is 46.2. The molecule has 0 unspecified atom stereocenters. The van der Waals surface area contributed by atoms with Crippen molar-refractivity contribution in [3.8, 4) is 0 Å². The van der Waals surface area contributed by atoms with E-state index in [1.54, 1.807) is 0 Å². The molecule has 0 radical (unpaired) electrons. The van der Waals surface area contributed by atoms with E-state index in [0.29, 0.717) is 19.3 Å². The molecule has 0 bridgehead atoms. The number of ether oxygens (including phenoxy) is 3. The van der Waals surface area contributed by atoms with Gasteiger partial charge in [0.05, 0.1) is 0 Å². The predicted octanol–water partition coefficient (Wildman–Crippen LogP) is 17.9. The van der Waals surface area contributed by atoms with Crippen LogP contribution in [0.1, 0.15) is 305 Å². The SMILES string of the molecule is CC(C)CCCCCCCCCCCCCCCCCCC(=O)OC[C@@H](COC(=O)CCCCCCCCCC(C)C)OC(=O)CCCCCCCCCCCCCCC(C)C. The predicted molar refractivity (Wildman–Crippen MR) is 266 cm³/mol. The lowest BCUT2D eigenvalue weighted by atomic mass is 10.0. The van der Waals surface area contributed by atoms with Gasteiger partial charge in [0.25, 0.3) is 0 Å². The third-order valence-corrected chi connectivity index (χ3v) is 12.6. The highest BCUT2D eigenvalue weighted by Gasteiger charge is 2.19. The Hall–Kier alpha value is -1.59. The fraction of sp³-hybridized carbons (Fsp3) is 0.946. The maximum atomic E-state index is 12.8. The molecule has 0 aromatic heterocycles. The normalized spacial score (nSPS) is 12.1. The Morgan fingerprint density at radius 1 is 0.274 bits per heavy atom. The Morgan fingerprint density at radius 3 is 0.694 bits per heavy atom. The molecule has 0 spiro atoms. The van der Waals surface area contributed by atoms with Crippen molar-refractivity contribution in [1.82, 2.24) is 0 Å². The van der Waals surface area contributed by atoms with E-state index in [0.717, 1.165) is 75.5 Å². The molecule has 0 aliphatic carbocycles. The molecule has 6 heteroatoms. The molecule has 0 fully saturated rings. The number of hydrogen-bond donors (Lipinski definition) is 0. The Labute approximate surface area is 387 Å². The summed E-state index contributed by atoms with van der Waals surface area (Å²) in [5.41, 5.74) is 0. The first-order chi connectivity index (χ1) is 30.1. The third kappa shape index (κ3) is 49.4. The number of carbonyl (C=O) groups is 3. The fourth-order valence-electron chi connectivity index (χ4n) is 8.47. The first kappa shape index (κ1) is 60.4. The summed E-state index contributed by atoms with van der Waals surface area (Å²) in [4.78, 5) is 38.0. The molecule has 0 amide bonds. The van der Waals surface area contributed by atoms with Crippen LogP contribution in [0.4, 0.5) is 0 Å². The van der Waals surface area contributed by atoms with Gasteiger partial charge in [-0.3, -0.25) is 14.4 Å². The van der Waals surface area contributed by atoms with E-state index in [-0.39, 0.29) is 31.1 Å². The van der Waals surface area contributed by atoms with E-state index in [1.807, 2.05) is 0 Å². The molecule has 0 aliphatic heterocycles. The van der Waals surface area contributed by atoms with Crippen LogP contribution < -0.4 is 0 Å². The largest absolute Gasteiger partial charge is 0.462 e. The second kappa shape index (κ2) is 47.4. The third-order valence-electron chi connectivity index (χ3n) is 12.6. The summed E-state index contributed by atoms with van der Waals surface area (Å²) in [5.74, 6) is 1.62. The lowest BCUT2D eigenvalue weighted by molar-refractivity contribution is -0.167. The molecule has 0 aromatic rings. The fourth-order valence-corrected chi connectivity index (χ4v) is 8.47. The number of carbonyl (C=O) groups excluding carboxylic acids is 3. The molecule has 0 rings (SSSR count). The van der Waals surface area contributed by atoms with Gasteiger partial charge in [-0.2, -0.15) is 0 Å². The number of unbranched alkanes of at least 4 members (excludes halogenated alkanes) is 32. The standard InChI is InChI=1S/C56H108O6/c1-50(2)42-36-30-24-19-15-11-9-7-8-10-12-17-21-27-33-39-45-54(57)60-48-53(49-61-55(58)46-40-34-29-23-26-32-38-44-52(5)6)62-56(59)47-41-35-28-22-18-14-13-16-20-25-31-37-43-51(3)4/h50-53H,7-49H2,1-6H3/t53-/m0/s1. The van der Waals surface area contributed by atoms with Crippen LogP contribution in [0.25, 0.3) is 0 Å². The second-order valence-electron chi connectivity index (χ2n) is 20.6. The minimum atomic E-state index is -0.763. The average molecular weight is 877 g/mol. The van der Waals surface area contributed by atoms with E-state index in [1.165, 1.54) is 186 Å². The lowest BCUT2D eigenvalue weighted by Gasteiger charge is -2.18. The first-order valence-electron chi connectivity index (χ1n) is 27.6. The van der Waals surface area contributed by atoms with Crippen molar-refractivity contribution >= 4 is 17.9 Å². The minimum absolute atomic E-state index is 0.0644. The summed E-state index contributed by atoms with van der Waals surface area (Å²) in [6, 6.07) is 0. The van der Waals surface area contributed by atoms with Crippen LogP contribution in [0.3, 0.4) is 0 Å². The van der Waals surface area contributed by atoms with Gasteiger partial charge in [0.1, 0.15) is 13.2 Å². The van der Waals surface area contributed by atoms with Crippen molar-refractivity contribution in [2.45, 2.75) is 311 Å². The van der Waals surface area contributed by atoms with Gasteiger partial charge < -0.3 is 14.2 Å². The van der Waals surface area contributed by atoms with Crippen molar-refractivity contribution in [2.75, 3.05) is 13.2 Å². The molecule has 0 saturated heterocycles. The van der Waals surface area contributed by atoms with Gasteiger partial charge in [-0.1, -0.05) is 266 Å². The summed E-state index contributed by atoms with van der Waals surface area (Å²) in [6.45, 7) is 13.7. The van der Waals surface area contributed by atoms with Gasteiger partial charge in [0.2, 0.25) is 0 Å². The molecule has 0 aliphatic rings. The molecule has 0 saturated carbocycles. The van der Waals surface area contributed by atoms with E-state index in [9.17, 15) is 14.4 Å². The zero-order valence-electron chi connectivity index (χ0n) is 42.7. The van der Waals surface area contributed by atoms with E-state index < -0.39 is 6.10 Å².